The molecule has 0 radical (unpaired) electrons. The minimum Gasteiger partial charge on any atom is -0.291 e. The van der Waals surface area contributed by atoms with Crippen molar-refractivity contribution >= 4 is 22.3 Å². The Kier molecular flexibility index (Phi) is 5.96. The van der Waals surface area contributed by atoms with Crippen LogP contribution in [0.5, 0.6) is 0 Å². The second kappa shape index (κ2) is 6.68. The standard InChI is InChI=1S/C8H9N3O.H2O4S/c1-6(2)7(12)11-8-9-4-3-5-10-8;1-5(2,3)4/h3-5H,1H2,2H3,(H,9,10,11,12);(H2,1,2,3,4). The first kappa shape index (κ1) is 15.2. The molecule has 1 aromatic rings. The van der Waals surface area contributed by atoms with Gasteiger partial charge in [0.1, 0.15) is 0 Å². The Labute approximate surface area is 98.0 Å². The highest BCUT2D eigenvalue weighted by Crippen LogP contribution is 1.97. The fraction of sp³-hybridized carbons (Fsp3) is 0.125. The summed E-state index contributed by atoms with van der Waals surface area (Å²) in [5.41, 5.74) is 0.433. The number of hydrogen-bond donors (Lipinski definition) is 3. The lowest BCUT2D eigenvalue weighted by Gasteiger charge is -2.00. The molecule has 0 atom stereocenters. The Balaban J connectivity index is 0.000000437. The van der Waals surface area contributed by atoms with Crippen LogP contribution in [0.2, 0.25) is 0 Å². The topological polar surface area (TPSA) is 129 Å². The highest BCUT2D eigenvalue weighted by Gasteiger charge is 2.02. The molecular formula is C8H11N3O5S. The molecule has 1 aromatic heterocycles. The van der Waals surface area contributed by atoms with Crippen molar-refractivity contribution in [1.29, 1.82) is 0 Å². The van der Waals surface area contributed by atoms with Crippen molar-refractivity contribution in [3.05, 3.63) is 30.6 Å². The first-order valence-corrected chi connectivity index (χ1v) is 5.53. The van der Waals surface area contributed by atoms with Gasteiger partial charge >= 0.3 is 10.4 Å². The van der Waals surface area contributed by atoms with Crippen LogP contribution in [-0.4, -0.2) is 33.4 Å². The van der Waals surface area contributed by atoms with Gasteiger partial charge in [0.05, 0.1) is 0 Å². The average Bonchev–Trinajstić information content (AvgIpc) is 2.16. The number of hydrogen-bond acceptors (Lipinski definition) is 5. The summed E-state index contributed by atoms with van der Waals surface area (Å²) in [4.78, 5) is 18.7. The maximum atomic E-state index is 11.0. The lowest BCUT2D eigenvalue weighted by Crippen LogP contribution is -2.13. The third kappa shape index (κ3) is 10.4. The molecule has 0 spiro atoms. The van der Waals surface area contributed by atoms with E-state index in [-0.39, 0.29) is 5.91 Å². The molecule has 0 aromatic carbocycles. The Morgan fingerprint density at radius 1 is 1.35 bits per heavy atom. The van der Waals surface area contributed by atoms with E-state index in [0.717, 1.165) is 0 Å². The highest BCUT2D eigenvalue weighted by molar-refractivity contribution is 7.79. The molecule has 0 aliphatic rings. The van der Waals surface area contributed by atoms with Crippen LogP contribution in [0.4, 0.5) is 5.95 Å². The van der Waals surface area contributed by atoms with Crippen molar-refractivity contribution in [2.45, 2.75) is 6.92 Å². The van der Waals surface area contributed by atoms with Crippen LogP contribution in [0, 0.1) is 0 Å². The predicted octanol–water partition coefficient (Wildman–Crippen LogP) is 0.338. The van der Waals surface area contributed by atoms with Crippen LogP contribution in [0.1, 0.15) is 6.92 Å². The number of carbonyl (C=O) groups is 1. The largest absolute Gasteiger partial charge is 0.394 e. The van der Waals surface area contributed by atoms with Crippen molar-refractivity contribution in [2.24, 2.45) is 0 Å². The second-order valence-corrected chi connectivity index (χ2v) is 3.65. The molecule has 8 nitrogen and oxygen atoms in total. The van der Waals surface area contributed by atoms with Gasteiger partial charge in [-0.2, -0.15) is 8.42 Å². The van der Waals surface area contributed by atoms with Gasteiger partial charge < -0.3 is 0 Å². The molecule has 1 amide bonds. The molecular weight excluding hydrogens is 250 g/mol. The van der Waals surface area contributed by atoms with E-state index in [4.69, 9.17) is 17.5 Å². The van der Waals surface area contributed by atoms with Gasteiger partial charge in [-0.15, -0.1) is 0 Å². The Hall–Kier alpha value is -1.84. The van der Waals surface area contributed by atoms with Gasteiger partial charge in [-0.25, -0.2) is 9.97 Å². The molecule has 94 valence electrons. The predicted molar refractivity (Wildman–Crippen MR) is 59.7 cm³/mol. The highest BCUT2D eigenvalue weighted by atomic mass is 32.3. The fourth-order valence-electron chi connectivity index (χ4n) is 0.572. The first-order valence-electron chi connectivity index (χ1n) is 4.14. The van der Waals surface area contributed by atoms with Crippen LogP contribution in [-0.2, 0) is 15.2 Å². The number of nitrogens with zero attached hydrogens (tertiary/aromatic N) is 2. The normalized spacial score (nSPS) is 9.82. The number of nitrogens with one attached hydrogen (secondary N) is 1. The quantitative estimate of drug-likeness (QED) is 0.517. The van der Waals surface area contributed by atoms with Crippen molar-refractivity contribution in [3.63, 3.8) is 0 Å². The van der Waals surface area contributed by atoms with Gasteiger partial charge in [0.15, 0.2) is 0 Å². The summed E-state index contributed by atoms with van der Waals surface area (Å²) in [6, 6.07) is 1.68. The molecule has 17 heavy (non-hydrogen) atoms. The lowest BCUT2D eigenvalue weighted by molar-refractivity contribution is -0.112. The molecule has 0 saturated heterocycles. The zero-order valence-electron chi connectivity index (χ0n) is 8.86. The van der Waals surface area contributed by atoms with E-state index < -0.39 is 10.4 Å². The fourth-order valence-corrected chi connectivity index (χ4v) is 0.572. The lowest BCUT2D eigenvalue weighted by atomic mass is 10.3. The van der Waals surface area contributed by atoms with Crippen molar-refractivity contribution in [1.82, 2.24) is 9.97 Å². The smallest absolute Gasteiger partial charge is 0.291 e. The van der Waals surface area contributed by atoms with Crippen LogP contribution < -0.4 is 5.32 Å². The number of anilines is 1. The molecule has 3 N–H and O–H groups in total. The molecule has 0 bridgehead atoms. The Morgan fingerprint density at radius 3 is 2.12 bits per heavy atom. The molecule has 0 fully saturated rings. The van der Waals surface area contributed by atoms with Gasteiger partial charge in [-0.3, -0.25) is 19.2 Å². The molecule has 1 heterocycles. The minimum atomic E-state index is -4.67. The SMILES string of the molecule is C=C(C)C(=O)Nc1ncccn1.O=S(=O)(O)O. The van der Waals surface area contributed by atoms with Crippen molar-refractivity contribution in [2.75, 3.05) is 5.32 Å². The van der Waals surface area contributed by atoms with Crippen molar-refractivity contribution in [3.8, 4) is 0 Å². The summed E-state index contributed by atoms with van der Waals surface area (Å²) < 4.78 is 31.6. The van der Waals surface area contributed by atoms with E-state index >= 15 is 0 Å². The summed E-state index contributed by atoms with van der Waals surface area (Å²) in [6.07, 6.45) is 3.11. The molecule has 0 aliphatic carbocycles. The summed E-state index contributed by atoms with van der Waals surface area (Å²) >= 11 is 0. The maximum absolute atomic E-state index is 11.0. The first-order chi connectivity index (χ1) is 7.70. The number of carbonyl (C=O) groups excluding carboxylic acids is 1. The van der Waals surface area contributed by atoms with Gasteiger partial charge in [-0.1, -0.05) is 6.58 Å². The van der Waals surface area contributed by atoms with Crippen molar-refractivity contribution < 1.29 is 22.3 Å². The van der Waals surface area contributed by atoms with E-state index in [1.165, 1.54) is 0 Å². The number of amides is 1. The van der Waals surface area contributed by atoms with Gasteiger partial charge in [0.2, 0.25) is 5.95 Å². The third-order valence-corrected chi connectivity index (χ3v) is 1.18. The summed E-state index contributed by atoms with van der Waals surface area (Å²) in [6.45, 7) is 5.11. The summed E-state index contributed by atoms with van der Waals surface area (Å²) in [7, 11) is -4.67. The zero-order chi connectivity index (χ0) is 13.5. The zero-order valence-corrected chi connectivity index (χ0v) is 9.68. The van der Waals surface area contributed by atoms with Crippen LogP contribution in [0.3, 0.4) is 0 Å². The van der Waals surface area contributed by atoms with E-state index in [0.29, 0.717) is 11.5 Å². The van der Waals surface area contributed by atoms with E-state index in [2.05, 4.69) is 21.9 Å². The van der Waals surface area contributed by atoms with E-state index in [1.807, 2.05) is 0 Å². The molecule has 0 unspecified atom stereocenters. The summed E-state index contributed by atoms with van der Waals surface area (Å²) in [5.74, 6) is 0.0340. The van der Waals surface area contributed by atoms with Crippen LogP contribution in [0.15, 0.2) is 30.6 Å². The monoisotopic (exact) mass is 261 g/mol. The molecule has 0 saturated carbocycles. The average molecular weight is 261 g/mol. The number of rotatable bonds is 2. The van der Waals surface area contributed by atoms with Crippen LogP contribution >= 0.6 is 0 Å². The Morgan fingerprint density at radius 2 is 1.76 bits per heavy atom. The van der Waals surface area contributed by atoms with E-state index in [1.54, 1.807) is 25.4 Å². The second-order valence-electron chi connectivity index (χ2n) is 2.75. The molecule has 9 heteroatoms. The maximum Gasteiger partial charge on any atom is 0.394 e. The van der Waals surface area contributed by atoms with Gasteiger partial charge in [0.25, 0.3) is 5.91 Å². The Bertz CT molecular complexity index is 477. The summed E-state index contributed by atoms with van der Waals surface area (Å²) in [5, 5.41) is 2.48. The van der Waals surface area contributed by atoms with E-state index in [9.17, 15) is 4.79 Å². The minimum absolute atomic E-state index is 0.263. The van der Waals surface area contributed by atoms with Crippen LogP contribution in [0.25, 0.3) is 0 Å². The van der Waals surface area contributed by atoms with Gasteiger partial charge in [-0.05, 0) is 13.0 Å². The molecule has 0 aliphatic heterocycles. The number of aromatic nitrogens is 2. The molecule has 1 rings (SSSR count). The van der Waals surface area contributed by atoms with Gasteiger partial charge in [0, 0.05) is 18.0 Å². The third-order valence-electron chi connectivity index (χ3n) is 1.18.